The van der Waals surface area contributed by atoms with Gasteiger partial charge < -0.3 is 10.4 Å². The van der Waals surface area contributed by atoms with E-state index in [2.05, 4.69) is 5.32 Å². The number of hydrogen-bond acceptors (Lipinski definition) is 2. The SMILES string of the molecule is O=C(O)C1Cc2c(Cl)cc(Cl)cc2CN1. The van der Waals surface area contributed by atoms with E-state index in [0.29, 0.717) is 23.0 Å². The molecule has 2 N–H and O–H groups in total. The van der Waals surface area contributed by atoms with Gasteiger partial charge in [-0.2, -0.15) is 0 Å². The Morgan fingerprint density at radius 3 is 2.87 bits per heavy atom. The summed E-state index contributed by atoms with van der Waals surface area (Å²) in [6.45, 7) is 0.493. The van der Waals surface area contributed by atoms with Gasteiger partial charge >= 0.3 is 5.97 Å². The van der Waals surface area contributed by atoms with Crippen molar-refractivity contribution in [1.82, 2.24) is 5.32 Å². The summed E-state index contributed by atoms with van der Waals surface area (Å²) in [6, 6.07) is 2.90. The second-order valence-electron chi connectivity index (χ2n) is 3.50. The van der Waals surface area contributed by atoms with E-state index in [1.54, 1.807) is 6.07 Å². The summed E-state index contributed by atoms with van der Waals surface area (Å²) in [5.74, 6) is -0.855. The number of nitrogens with one attached hydrogen (secondary N) is 1. The van der Waals surface area contributed by atoms with Crippen molar-refractivity contribution in [2.24, 2.45) is 0 Å². The predicted octanol–water partition coefficient (Wildman–Crippen LogP) is 2.09. The van der Waals surface area contributed by atoms with Gasteiger partial charge in [0.1, 0.15) is 6.04 Å². The lowest BCUT2D eigenvalue weighted by molar-refractivity contribution is -0.139. The molecule has 1 unspecified atom stereocenters. The molecule has 1 aromatic rings. The quantitative estimate of drug-likeness (QED) is 0.797. The average Bonchev–Trinajstić information content (AvgIpc) is 2.16. The highest BCUT2D eigenvalue weighted by Gasteiger charge is 2.25. The number of benzene rings is 1. The Bertz CT molecular complexity index is 420. The Hall–Kier alpha value is -0.770. The van der Waals surface area contributed by atoms with E-state index in [-0.39, 0.29) is 0 Å². The first kappa shape index (κ1) is 10.7. The fourth-order valence-corrected chi connectivity index (χ4v) is 2.34. The van der Waals surface area contributed by atoms with Gasteiger partial charge in [0.2, 0.25) is 0 Å². The zero-order chi connectivity index (χ0) is 11.0. The molecule has 0 saturated carbocycles. The van der Waals surface area contributed by atoms with Crippen molar-refractivity contribution in [3.8, 4) is 0 Å². The minimum Gasteiger partial charge on any atom is -0.480 e. The predicted molar refractivity (Wildman–Crippen MR) is 58.4 cm³/mol. The highest BCUT2D eigenvalue weighted by Crippen LogP contribution is 2.28. The fraction of sp³-hybridized carbons (Fsp3) is 0.300. The van der Waals surface area contributed by atoms with Crippen LogP contribution in [0.3, 0.4) is 0 Å². The second kappa shape index (κ2) is 4.00. The van der Waals surface area contributed by atoms with Gasteiger partial charge in [-0.05, 0) is 23.3 Å². The third kappa shape index (κ3) is 2.09. The lowest BCUT2D eigenvalue weighted by atomic mass is 9.96. The van der Waals surface area contributed by atoms with Crippen LogP contribution in [0.25, 0.3) is 0 Å². The zero-order valence-corrected chi connectivity index (χ0v) is 9.27. The third-order valence-corrected chi connectivity index (χ3v) is 3.05. The number of carboxylic acids is 1. The topological polar surface area (TPSA) is 49.3 Å². The smallest absolute Gasteiger partial charge is 0.321 e. The van der Waals surface area contributed by atoms with Crippen LogP contribution in [0.5, 0.6) is 0 Å². The van der Waals surface area contributed by atoms with Crippen molar-refractivity contribution in [3.05, 3.63) is 33.3 Å². The largest absolute Gasteiger partial charge is 0.480 e. The van der Waals surface area contributed by atoms with Crippen LogP contribution >= 0.6 is 23.2 Å². The minimum atomic E-state index is -0.855. The maximum absolute atomic E-state index is 10.8. The lowest BCUT2D eigenvalue weighted by Gasteiger charge is -2.24. The molecule has 0 radical (unpaired) electrons. The summed E-state index contributed by atoms with van der Waals surface area (Å²) >= 11 is 11.9. The molecule has 1 aliphatic rings. The molecule has 1 atom stereocenters. The lowest BCUT2D eigenvalue weighted by Crippen LogP contribution is -2.41. The molecule has 0 aliphatic carbocycles. The zero-order valence-electron chi connectivity index (χ0n) is 7.76. The van der Waals surface area contributed by atoms with Gasteiger partial charge in [0.05, 0.1) is 0 Å². The van der Waals surface area contributed by atoms with Crippen LogP contribution in [-0.2, 0) is 17.8 Å². The van der Waals surface area contributed by atoms with E-state index in [9.17, 15) is 4.79 Å². The molecule has 1 heterocycles. The molecular formula is C10H9Cl2NO2. The van der Waals surface area contributed by atoms with Crippen LogP contribution in [0.1, 0.15) is 11.1 Å². The Balaban J connectivity index is 2.37. The third-order valence-electron chi connectivity index (χ3n) is 2.50. The van der Waals surface area contributed by atoms with Crippen LogP contribution < -0.4 is 5.32 Å². The molecule has 1 aliphatic heterocycles. The molecule has 2 rings (SSSR count). The summed E-state index contributed by atoms with van der Waals surface area (Å²) in [7, 11) is 0. The first-order valence-electron chi connectivity index (χ1n) is 4.51. The standard InChI is InChI=1S/C10H9Cl2NO2/c11-6-1-5-4-13-9(10(14)15)3-7(5)8(12)2-6/h1-2,9,13H,3-4H2,(H,14,15). The van der Waals surface area contributed by atoms with Crippen molar-refractivity contribution in [2.75, 3.05) is 0 Å². The van der Waals surface area contributed by atoms with E-state index >= 15 is 0 Å². The van der Waals surface area contributed by atoms with E-state index in [1.165, 1.54) is 0 Å². The number of fused-ring (bicyclic) bond motifs is 1. The van der Waals surface area contributed by atoms with E-state index in [4.69, 9.17) is 28.3 Å². The van der Waals surface area contributed by atoms with E-state index < -0.39 is 12.0 Å². The number of aliphatic carboxylic acids is 1. The Kier molecular flexibility index (Phi) is 2.87. The molecule has 15 heavy (non-hydrogen) atoms. The van der Waals surface area contributed by atoms with Crippen molar-refractivity contribution in [2.45, 2.75) is 19.0 Å². The molecule has 3 nitrogen and oxygen atoms in total. The number of hydrogen-bond donors (Lipinski definition) is 2. The van der Waals surface area contributed by atoms with Gasteiger partial charge in [0.25, 0.3) is 0 Å². The fourth-order valence-electron chi connectivity index (χ4n) is 1.73. The summed E-state index contributed by atoms with van der Waals surface area (Å²) in [5, 5.41) is 12.9. The molecule has 1 aromatic carbocycles. The molecule has 0 spiro atoms. The summed E-state index contributed by atoms with van der Waals surface area (Å²) < 4.78 is 0. The Morgan fingerprint density at radius 2 is 2.20 bits per heavy atom. The van der Waals surface area contributed by atoms with E-state index in [0.717, 1.165) is 11.1 Å². The van der Waals surface area contributed by atoms with Crippen LogP contribution in [0.4, 0.5) is 0 Å². The average molecular weight is 246 g/mol. The molecule has 0 aromatic heterocycles. The van der Waals surface area contributed by atoms with Gasteiger partial charge in [0.15, 0.2) is 0 Å². The molecule has 0 saturated heterocycles. The maximum atomic E-state index is 10.8. The highest BCUT2D eigenvalue weighted by atomic mass is 35.5. The van der Waals surface area contributed by atoms with Crippen LogP contribution in [-0.4, -0.2) is 17.1 Å². The van der Waals surface area contributed by atoms with Gasteiger partial charge in [-0.15, -0.1) is 0 Å². The molecule has 0 bridgehead atoms. The number of rotatable bonds is 1. The summed E-state index contributed by atoms with van der Waals surface area (Å²) in [6.07, 6.45) is 0.403. The van der Waals surface area contributed by atoms with E-state index in [1.807, 2.05) is 6.07 Å². The van der Waals surface area contributed by atoms with Gasteiger partial charge in [-0.3, -0.25) is 4.79 Å². The monoisotopic (exact) mass is 245 g/mol. The van der Waals surface area contributed by atoms with Crippen molar-refractivity contribution >= 4 is 29.2 Å². The molecule has 80 valence electrons. The molecule has 5 heteroatoms. The summed E-state index contributed by atoms with van der Waals surface area (Å²) in [4.78, 5) is 10.8. The van der Waals surface area contributed by atoms with Crippen molar-refractivity contribution < 1.29 is 9.90 Å². The number of halogens is 2. The Labute approximate surface area is 97.0 Å². The second-order valence-corrected chi connectivity index (χ2v) is 4.34. The highest BCUT2D eigenvalue weighted by molar-refractivity contribution is 6.35. The van der Waals surface area contributed by atoms with Crippen LogP contribution in [0, 0.1) is 0 Å². The van der Waals surface area contributed by atoms with Crippen LogP contribution in [0.15, 0.2) is 12.1 Å². The van der Waals surface area contributed by atoms with Crippen molar-refractivity contribution in [1.29, 1.82) is 0 Å². The first-order chi connectivity index (χ1) is 7.08. The first-order valence-corrected chi connectivity index (χ1v) is 5.26. The Morgan fingerprint density at radius 1 is 1.47 bits per heavy atom. The normalized spacial score (nSPS) is 19.7. The van der Waals surface area contributed by atoms with Crippen molar-refractivity contribution in [3.63, 3.8) is 0 Å². The van der Waals surface area contributed by atoms with Gasteiger partial charge in [0, 0.05) is 23.0 Å². The molecule has 0 amide bonds. The van der Waals surface area contributed by atoms with Gasteiger partial charge in [-0.25, -0.2) is 0 Å². The van der Waals surface area contributed by atoms with Crippen LogP contribution in [0.2, 0.25) is 10.0 Å². The molecular weight excluding hydrogens is 237 g/mol. The molecule has 0 fully saturated rings. The number of carbonyl (C=O) groups is 1. The maximum Gasteiger partial charge on any atom is 0.321 e. The minimum absolute atomic E-state index is 0.403. The summed E-state index contributed by atoms with van der Waals surface area (Å²) in [5.41, 5.74) is 1.86. The van der Waals surface area contributed by atoms with Gasteiger partial charge in [-0.1, -0.05) is 23.2 Å². The number of carboxylic acid groups (broad SMARTS) is 1.